The van der Waals surface area contributed by atoms with Crippen molar-refractivity contribution >= 4 is 49.2 Å². The zero-order valence-electron chi connectivity index (χ0n) is 10.7. The van der Waals surface area contributed by atoms with E-state index in [1.165, 1.54) is 34.6 Å². The van der Waals surface area contributed by atoms with Crippen LogP contribution in [0.1, 0.15) is 9.67 Å². The number of nitrogens with zero attached hydrogens (tertiary/aromatic N) is 3. The maximum absolute atomic E-state index is 12.0. The molecule has 2 aromatic rings. The second kappa shape index (κ2) is 5.14. The van der Waals surface area contributed by atoms with Crippen LogP contribution >= 0.6 is 22.7 Å². The molecule has 6 nitrogen and oxygen atoms in total. The van der Waals surface area contributed by atoms with E-state index in [1.54, 1.807) is 6.07 Å². The van der Waals surface area contributed by atoms with E-state index in [9.17, 15) is 9.59 Å². The third-order valence-electron chi connectivity index (χ3n) is 2.39. The van der Waals surface area contributed by atoms with Gasteiger partial charge in [-0.05, 0) is 6.07 Å². The van der Waals surface area contributed by atoms with Crippen LogP contribution in [-0.4, -0.2) is 54.6 Å². The van der Waals surface area contributed by atoms with Gasteiger partial charge in [0.2, 0.25) is 0 Å². The summed E-state index contributed by atoms with van der Waals surface area (Å²) in [7, 11) is 5.30. The Bertz CT molecular complexity index is 601. The van der Waals surface area contributed by atoms with Crippen molar-refractivity contribution in [3.63, 3.8) is 0 Å². The highest BCUT2D eigenvalue weighted by Gasteiger charge is 2.19. The first-order valence-electron chi connectivity index (χ1n) is 5.43. The van der Waals surface area contributed by atoms with Crippen molar-refractivity contribution in [2.45, 2.75) is 0 Å². The summed E-state index contributed by atoms with van der Waals surface area (Å²) in [6.07, 6.45) is 0. The van der Waals surface area contributed by atoms with Crippen LogP contribution in [0.2, 0.25) is 0 Å². The molecular formula is C11H13N3O3S2. The van der Waals surface area contributed by atoms with Gasteiger partial charge in [-0.2, -0.15) is 0 Å². The summed E-state index contributed by atoms with van der Waals surface area (Å²) in [4.78, 5) is 31.4. The van der Waals surface area contributed by atoms with E-state index in [4.69, 9.17) is 5.11 Å². The lowest BCUT2D eigenvalue weighted by molar-refractivity contribution is -0.137. The van der Waals surface area contributed by atoms with Crippen molar-refractivity contribution < 1.29 is 14.7 Å². The Balaban J connectivity index is 2.24. The van der Waals surface area contributed by atoms with Crippen molar-refractivity contribution in [2.75, 3.05) is 32.6 Å². The van der Waals surface area contributed by atoms with Crippen molar-refractivity contribution in [1.82, 2.24) is 9.88 Å². The third-order valence-corrected chi connectivity index (χ3v) is 4.71. The van der Waals surface area contributed by atoms with Gasteiger partial charge in [-0.3, -0.25) is 9.59 Å². The fourth-order valence-corrected chi connectivity index (χ4v) is 3.61. The predicted molar refractivity (Wildman–Crippen MR) is 76.4 cm³/mol. The number of carbonyl (C=O) groups is 2. The molecule has 0 saturated heterocycles. The smallest absolute Gasteiger partial charge is 0.323 e. The normalized spacial score (nSPS) is 10.7. The van der Waals surface area contributed by atoms with Crippen molar-refractivity contribution in [2.24, 2.45) is 0 Å². The van der Waals surface area contributed by atoms with E-state index in [0.29, 0.717) is 4.88 Å². The van der Waals surface area contributed by atoms with Crippen molar-refractivity contribution in [3.05, 3.63) is 10.9 Å². The van der Waals surface area contributed by atoms with Gasteiger partial charge >= 0.3 is 5.97 Å². The Kier molecular flexibility index (Phi) is 3.72. The summed E-state index contributed by atoms with van der Waals surface area (Å²) in [5.41, 5.74) is 0. The Morgan fingerprint density at radius 2 is 2.00 bits per heavy atom. The molecule has 0 radical (unpaired) electrons. The minimum Gasteiger partial charge on any atom is -0.480 e. The van der Waals surface area contributed by atoms with E-state index in [1.807, 2.05) is 19.0 Å². The molecule has 8 heteroatoms. The van der Waals surface area contributed by atoms with Crippen LogP contribution in [0.4, 0.5) is 5.13 Å². The van der Waals surface area contributed by atoms with Gasteiger partial charge < -0.3 is 14.9 Å². The number of aliphatic carboxylic acids is 1. The summed E-state index contributed by atoms with van der Waals surface area (Å²) in [5, 5.41) is 9.56. The Morgan fingerprint density at radius 3 is 2.53 bits per heavy atom. The molecule has 1 N–H and O–H groups in total. The summed E-state index contributed by atoms with van der Waals surface area (Å²) < 4.78 is 0.945. The van der Waals surface area contributed by atoms with Crippen LogP contribution in [0, 0.1) is 0 Å². The topological polar surface area (TPSA) is 73.7 Å². The molecule has 0 unspecified atom stereocenters. The van der Waals surface area contributed by atoms with Crippen molar-refractivity contribution in [3.8, 4) is 0 Å². The van der Waals surface area contributed by atoms with E-state index < -0.39 is 5.97 Å². The average molecular weight is 299 g/mol. The molecule has 0 atom stereocenters. The maximum Gasteiger partial charge on any atom is 0.323 e. The minimum absolute atomic E-state index is 0.288. The van der Waals surface area contributed by atoms with E-state index >= 15 is 0 Å². The first-order valence-corrected chi connectivity index (χ1v) is 7.06. The third kappa shape index (κ3) is 2.85. The molecule has 0 spiro atoms. The van der Waals surface area contributed by atoms with Crippen LogP contribution < -0.4 is 4.90 Å². The highest BCUT2D eigenvalue weighted by molar-refractivity contribution is 7.29. The first kappa shape index (κ1) is 13.8. The molecule has 0 fully saturated rings. The first-order chi connectivity index (χ1) is 8.88. The predicted octanol–water partition coefficient (Wildman–Crippen LogP) is 1.58. The fraction of sp³-hybridized carbons (Fsp3) is 0.364. The number of rotatable bonds is 4. The minimum atomic E-state index is -1.03. The van der Waals surface area contributed by atoms with Crippen LogP contribution in [0.25, 0.3) is 9.53 Å². The molecule has 102 valence electrons. The van der Waals surface area contributed by atoms with Gasteiger partial charge in [0.1, 0.15) is 11.4 Å². The monoisotopic (exact) mass is 299 g/mol. The molecule has 0 aliphatic rings. The summed E-state index contributed by atoms with van der Waals surface area (Å²) in [5.74, 6) is -1.31. The van der Waals surface area contributed by atoms with Crippen LogP contribution in [0.15, 0.2) is 6.07 Å². The van der Waals surface area contributed by atoms with Gasteiger partial charge in [0.25, 0.3) is 5.91 Å². The zero-order valence-corrected chi connectivity index (χ0v) is 12.3. The quantitative estimate of drug-likeness (QED) is 0.928. The van der Waals surface area contributed by atoms with Crippen LogP contribution in [-0.2, 0) is 4.79 Å². The maximum atomic E-state index is 12.0. The average Bonchev–Trinajstić information content (AvgIpc) is 2.83. The fourth-order valence-electron chi connectivity index (χ4n) is 1.48. The second-order valence-electron chi connectivity index (χ2n) is 4.23. The van der Waals surface area contributed by atoms with Crippen LogP contribution in [0.3, 0.4) is 0 Å². The largest absolute Gasteiger partial charge is 0.480 e. The summed E-state index contributed by atoms with van der Waals surface area (Å²) in [6, 6.07) is 1.77. The number of aromatic nitrogens is 1. The SMILES string of the molecule is CN(CC(=O)O)C(=O)c1cc2sc(N(C)C)nc2s1. The molecule has 0 aromatic carbocycles. The molecule has 0 bridgehead atoms. The van der Waals surface area contributed by atoms with E-state index in [0.717, 1.165) is 14.7 Å². The number of hydrogen-bond acceptors (Lipinski definition) is 6. The molecule has 0 aliphatic carbocycles. The standard InChI is InChI=1S/C11H13N3O3S2/c1-13(2)11-12-9-6(19-11)4-7(18-9)10(17)14(3)5-8(15)16/h4H,5H2,1-3H3,(H,15,16). The van der Waals surface area contributed by atoms with Gasteiger partial charge in [-0.15, -0.1) is 11.3 Å². The molecule has 0 aliphatic heterocycles. The van der Waals surface area contributed by atoms with Gasteiger partial charge in [-0.1, -0.05) is 11.3 Å². The molecule has 0 saturated carbocycles. The Hall–Kier alpha value is -1.67. The molecule has 2 aromatic heterocycles. The number of thiazole rings is 1. The second-order valence-corrected chi connectivity index (χ2v) is 6.27. The lowest BCUT2D eigenvalue weighted by Crippen LogP contribution is -2.31. The molecule has 19 heavy (non-hydrogen) atoms. The highest BCUT2D eigenvalue weighted by Crippen LogP contribution is 2.34. The molecule has 2 rings (SSSR count). The van der Waals surface area contributed by atoms with E-state index in [-0.39, 0.29) is 12.5 Å². The number of fused-ring (bicyclic) bond motifs is 1. The van der Waals surface area contributed by atoms with Gasteiger partial charge in [0, 0.05) is 21.1 Å². The number of carbonyl (C=O) groups excluding carboxylic acids is 1. The number of likely N-dealkylation sites (N-methyl/N-ethyl adjacent to an activating group) is 1. The Morgan fingerprint density at radius 1 is 1.32 bits per heavy atom. The van der Waals surface area contributed by atoms with Gasteiger partial charge in [0.05, 0.1) is 9.58 Å². The number of carboxylic acid groups (broad SMARTS) is 1. The summed E-state index contributed by atoms with van der Waals surface area (Å²) >= 11 is 2.79. The van der Waals surface area contributed by atoms with E-state index in [2.05, 4.69) is 4.98 Å². The van der Waals surface area contributed by atoms with Crippen LogP contribution in [0.5, 0.6) is 0 Å². The van der Waals surface area contributed by atoms with Gasteiger partial charge in [-0.25, -0.2) is 4.98 Å². The number of anilines is 1. The Labute approximate surface area is 117 Å². The lowest BCUT2D eigenvalue weighted by Gasteiger charge is -2.12. The van der Waals surface area contributed by atoms with Gasteiger partial charge in [0.15, 0.2) is 5.13 Å². The molecule has 2 heterocycles. The lowest BCUT2D eigenvalue weighted by atomic mass is 10.4. The number of carboxylic acids is 1. The number of amides is 1. The number of hydrogen-bond donors (Lipinski definition) is 1. The number of thiophene rings is 1. The summed E-state index contributed by atoms with van der Waals surface area (Å²) in [6.45, 7) is -0.305. The molecular weight excluding hydrogens is 286 g/mol. The highest BCUT2D eigenvalue weighted by atomic mass is 32.1. The van der Waals surface area contributed by atoms with Crippen molar-refractivity contribution in [1.29, 1.82) is 0 Å². The molecule has 1 amide bonds. The zero-order chi connectivity index (χ0) is 14.2.